The Labute approximate surface area is 190 Å². The average molecular weight is 481 g/mol. The molecule has 0 saturated heterocycles. The first-order valence-electron chi connectivity index (χ1n) is 10.5. The molecule has 0 N–H and O–H groups in total. The van der Waals surface area contributed by atoms with Gasteiger partial charge < -0.3 is 4.74 Å². The van der Waals surface area contributed by atoms with Gasteiger partial charge in [-0.1, -0.05) is 35.3 Å². The number of fused-ring (bicyclic) bond motifs is 3. The fourth-order valence-corrected chi connectivity index (χ4v) is 4.26. The van der Waals surface area contributed by atoms with Crippen LogP contribution in [-0.4, -0.2) is 33.8 Å². The van der Waals surface area contributed by atoms with E-state index in [0.29, 0.717) is 12.4 Å². The Kier molecular flexibility index (Phi) is 6.61. The quantitative estimate of drug-likeness (QED) is 0.459. The Morgan fingerprint density at radius 3 is 2.68 bits per heavy atom. The van der Waals surface area contributed by atoms with Crippen molar-refractivity contribution >= 4 is 28.1 Å². The number of hydrogen-bond donors (Lipinski definition) is 0. The number of hydrogen-bond acceptors (Lipinski definition) is 5. The largest absolute Gasteiger partial charge is 0.471 e. The molecule has 0 radical (unpaired) electrons. The summed E-state index contributed by atoms with van der Waals surface area (Å²) in [4.78, 5) is 23.6. The number of rotatable bonds is 5. The van der Waals surface area contributed by atoms with Gasteiger partial charge in [-0.2, -0.15) is 0 Å². The van der Waals surface area contributed by atoms with E-state index in [-0.39, 0.29) is 6.04 Å². The van der Waals surface area contributed by atoms with E-state index in [1.54, 1.807) is 0 Å². The highest BCUT2D eigenvalue weighted by atomic mass is 79.9. The van der Waals surface area contributed by atoms with Crippen LogP contribution in [0.2, 0.25) is 0 Å². The molecule has 0 unspecified atom stereocenters. The summed E-state index contributed by atoms with van der Waals surface area (Å²) in [7, 11) is 1.31. The molecule has 3 aromatic rings. The first kappa shape index (κ1) is 21.4. The molecule has 0 bridgehead atoms. The minimum absolute atomic E-state index is 0.0469. The molecular weight excluding hydrogens is 456 g/mol. The van der Waals surface area contributed by atoms with Gasteiger partial charge in [-0.3, -0.25) is 19.3 Å². The number of methoxy groups -OCH3 is 1. The van der Waals surface area contributed by atoms with Crippen molar-refractivity contribution in [1.29, 1.82) is 0 Å². The van der Waals surface area contributed by atoms with Gasteiger partial charge in [0.05, 0.1) is 24.2 Å². The molecule has 1 atom stereocenters. The van der Waals surface area contributed by atoms with Crippen molar-refractivity contribution in [3.05, 3.63) is 76.0 Å². The second-order valence-electron chi connectivity index (χ2n) is 7.64. The standard InChI is InChI=1S/C22H21BrN4.C2H4O2/c1-2-5-18-22-25-13-20(14-7-8-14)27(22)19-10-9-15(23)12-16(19)21(26-18)17-6-3-4-11-24-17;1-4-2-3/h3-4,6,9-14,18H,2,5,7-8H2,1H3;2H,1H3/t18-;/m0./s1. The maximum absolute atomic E-state index is 8.95. The number of carbonyl (C=O) groups excluding carboxylic acids is 1. The maximum Gasteiger partial charge on any atom is 0.292 e. The zero-order valence-corrected chi connectivity index (χ0v) is 19.2. The molecule has 7 heteroatoms. The van der Waals surface area contributed by atoms with E-state index in [1.807, 2.05) is 24.4 Å². The van der Waals surface area contributed by atoms with Crippen LogP contribution < -0.4 is 0 Å². The van der Waals surface area contributed by atoms with Gasteiger partial charge in [0.2, 0.25) is 0 Å². The maximum atomic E-state index is 8.95. The number of carbonyl (C=O) groups is 1. The normalized spacial score (nSPS) is 16.7. The summed E-state index contributed by atoms with van der Waals surface area (Å²) in [5, 5.41) is 0. The topological polar surface area (TPSA) is 69.4 Å². The predicted molar refractivity (Wildman–Crippen MR) is 124 cm³/mol. The molecule has 1 aliphatic carbocycles. The summed E-state index contributed by atoms with van der Waals surface area (Å²) in [5.74, 6) is 1.69. The molecule has 1 aromatic carbocycles. The third-order valence-corrected chi connectivity index (χ3v) is 5.91. The van der Waals surface area contributed by atoms with E-state index in [4.69, 9.17) is 14.8 Å². The highest BCUT2D eigenvalue weighted by Crippen LogP contribution is 2.44. The summed E-state index contributed by atoms with van der Waals surface area (Å²) in [5.41, 5.74) is 5.47. The van der Waals surface area contributed by atoms with Gasteiger partial charge in [0.1, 0.15) is 11.9 Å². The second kappa shape index (κ2) is 9.56. The number of pyridine rings is 1. The average Bonchev–Trinajstić information content (AvgIpc) is 3.57. The number of nitrogens with zero attached hydrogens (tertiary/aromatic N) is 4. The van der Waals surface area contributed by atoms with Crippen LogP contribution >= 0.6 is 15.9 Å². The van der Waals surface area contributed by atoms with E-state index >= 15 is 0 Å². The molecule has 0 amide bonds. The van der Waals surface area contributed by atoms with Crippen LogP contribution in [0.15, 0.2) is 58.3 Å². The smallest absolute Gasteiger partial charge is 0.292 e. The Morgan fingerprint density at radius 2 is 2.03 bits per heavy atom. The van der Waals surface area contributed by atoms with Crippen molar-refractivity contribution in [2.45, 2.75) is 44.6 Å². The van der Waals surface area contributed by atoms with Crippen LogP contribution in [0.4, 0.5) is 0 Å². The number of aliphatic imine (C=N–C) groups is 1. The highest BCUT2D eigenvalue weighted by Gasteiger charge is 2.33. The van der Waals surface area contributed by atoms with E-state index in [0.717, 1.165) is 45.8 Å². The summed E-state index contributed by atoms with van der Waals surface area (Å²) in [6, 6.07) is 12.5. The van der Waals surface area contributed by atoms with Gasteiger partial charge in [0, 0.05) is 34.0 Å². The van der Waals surface area contributed by atoms with Crippen molar-refractivity contribution in [3.63, 3.8) is 0 Å². The number of ether oxygens (including phenoxy) is 1. The van der Waals surface area contributed by atoms with Gasteiger partial charge in [0.25, 0.3) is 6.47 Å². The van der Waals surface area contributed by atoms with Gasteiger partial charge in [-0.15, -0.1) is 0 Å². The number of benzene rings is 1. The Balaban J connectivity index is 0.000000535. The molecular formula is C24H25BrN4O2. The Morgan fingerprint density at radius 1 is 1.23 bits per heavy atom. The van der Waals surface area contributed by atoms with Crippen molar-refractivity contribution in [1.82, 2.24) is 14.5 Å². The van der Waals surface area contributed by atoms with Gasteiger partial charge >= 0.3 is 0 Å². The summed E-state index contributed by atoms with van der Waals surface area (Å²) < 4.78 is 7.28. The Hall–Kier alpha value is -2.80. The highest BCUT2D eigenvalue weighted by molar-refractivity contribution is 9.10. The van der Waals surface area contributed by atoms with Crippen LogP contribution in [0.25, 0.3) is 5.69 Å². The molecule has 5 rings (SSSR count). The Bertz CT molecular complexity index is 1090. The minimum Gasteiger partial charge on any atom is -0.471 e. The first-order chi connectivity index (χ1) is 15.2. The fraction of sp³-hybridized carbons (Fsp3) is 0.333. The van der Waals surface area contributed by atoms with E-state index in [2.05, 4.69) is 61.5 Å². The third kappa shape index (κ3) is 4.46. The summed E-state index contributed by atoms with van der Waals surface area (Å²) in [6.45, 7) is 2.58. The lowest BCUT2D eigenvalue weighted by atomic mass is 10.0. The lowest BCUT2D eigenvalue weighted by Gasteiger charge is -2.15. The van der Waals surface area contributed by atoms with Gasteiger partial charge in [-0.25, -0.2) is 4.98 Å². The van der Waals surface area contributed by atoms with Gasteiger partial charge in [0.15, 0.2) is 0 Å². The van der Waals surface area contributed by atoms with Crippen molar-refractivity contribution in [3.8, 4) is 5.69 Å². The predicted octanol–water partition coefficient (Wildman–Crippen LogP) is 5.39. The molecule has 1 aliphatic heterocycles. The molecule has 1 fully saturated rings. The van der Waals surface area contributed by atoms with E-state index in [1.165, 1.54) is 25.6 Å². The summed E-state index contributed by atoms with van der Waals surface area (Å²) >= 11 is 3.65. The van der Waals surface area contributed by atoms with Gasteiger partial charge in [-0.05, 0) is 49.6 Å². The zero-order chi connectivity index (χ0) is 21.8. The number of aromatic nitrogens is 3. The SMILES string of the molecule is CCC[C@@H]1N=C(c2ccccn2)c2cc(Br)ccc2-n2c(C3CC3)cnc21.COC=O. The van der Waals surface area contributed by atoms with Crippen LogP contribution in [0.5, 0.6) is 0 Å². The molecule has 6 nitrogen and oxygen atoms in total. The monoisotopic (exact) mass is 480 g/mol. The molecule has 0 spiro atoms. The zero-order valence-electron chi connectivity index (χ0n) is 17.7. The van der Waals surface area contributed by atoms with Crippen LogP contribution in [0.3, 0.4) is 0 Å². The molecule has 2 aliphatic rings. The van der Waals surface area contributed by atoms with Crippen molar-refractivity contribution in [2.75, 3.05) is 7.11 Å². The third-order valence-electron chi connectivity index (χ3n) is 5.42. The van der Waals surface area contributed by atoms with Crippen LogP contribution in [0, 0.1) is 0 Å². The molecule has 2 aromatic heterocycles. The first-order valence-corrected chi connectivity index (χ1v) is 11.3. The molecule has 1 saturated carbocycles. The molecule has 31 heavy (non-hydrogen) atoms. The minimum atomic E-state index is 0.0469. The molecule has 3 heterocycles. The van der Waals surface area contributed by atoms with Crippen molar-refractivity contribution in [2.24, 2.45) is 4.99 Å². The van der Waals surface area contributed by atoms with Crippen LogP contribution in [0.1, 0.15) is 67.3 Å². The lowest BCUT2D eigenvalue weighted by molar-refractivity contribution is -0.126. The van der Waals surface area contributed by atoms with Crippen LogP contribution in [-0.2, 0) is 9.53 Å². The fourth-order valence-electron chi connectivity index (χ4n) is 3.89. The summed E-state index contributed by atoms with van der Waals surface area (Å²) in [6.07, 6.45) is 8.46. The van der Waals surface area contributed by atoms with Crippen molar-refractivity contribution < 1.29 is 9.53 Å². The number of halogens is 1. The van der Waals surface area contributed by atoms with E-state index < -0.39 is 0 Å². The lowest BCUT2D eigenvalue weighted by Crippen LogP contribution is -2.10. The molecule has 160 valence electrons. The number of imidazole rings is 1. The van der Waals surface area contributed by atoms with E-state index in [9.17, 15) is 0 Å². The second-order valence-corrected chi connectivity index (χ2v) is 8.56.